The zero-order chi connectivity index (χ0) is 96.6. The lowest BCUT2D eigenvalue weighted by molar-refractivity contribution is 1.09. The Bertz CT molecular complexity index is 11200. The smallest absolute Gasteiger partial charge is 0.165 e. The fraction of sp³-hybridized carbons (Fsp3) is 0. The molecule has 0 aliphatic carbocycles. The number of nitrogens with zero attached hydrogens (tertiary/aromatic N) is 10. The van der Waals surface area contributed by atoms with Crippen molar-refractivity contribution in [1.82, 2.24) is 47.3 Å². The number of rotatable bonds is 6. The number of pyridine rings is 2. The maximum Gasteiger partial charge on any atom is 0.165 e. The van der Waals surface area contributed by atoms with Gasteiger partial charge in [-0.15, -0.1) is 0 Å². The van der Waals surface area contributed by atoms with Crippen LogP contribution in [0.5, 0.6) is 0 Å². The van der Waals surface area contributed by atoms with Crippen molar-refractivity contribution >= 4 is 174 Å². The summed E-state index contributed by atoms with van der Waals surface area (Å²) in [5.41, 5.74) is 42.8. The second kappa shape index (κ2) is 31.8. The standard InChI is InChI=1S/C48H28N4.2C45H27N3/c1-2-13-32(14-3-1)51-42-21-11-8-17-35(42)37-26-29(22-24-43(37)51)30-23-25-44-39(27-30)45-33-15-5-4-12-31(33)28-38-34-16-6-7-18-36(34)46-48(52(44)47(38)45)50-41-20-10-9-19-40(41)49-46;1-2-13-30(14-3-1)47-40-20-10-8-17-34(40)37-26-28(22-25-42(37)47)31-23-24-36-33-16-7-11-21-41(33)48-44(36)43(31)35-18-6-5-15-32(35)38-27-29-12-4-9-19-39(29)46-45(38)48;1-2-13-31(14-3-1)47-41-20-10-7-17-34(41)36-24-28(22-23-43(36)47)30-26-37-32-15-5-6-16-33(32)39-25-29-12-4-9-19-40(29)46-45(39)48-42-21-11-8-18-35(42)38(27-30)44(37)48/h1-28H;2*1-27H. The van der Waals surface area contributed by atoms with E-state index in [0.717, 1.165) is 83.9 Å². The Labute approximate surface area is 848 Å². The highest BCUT2D eigenvalue weighted by molar-refractivity contribution is 6.28. The maximum atomic E-state index is 5.39. The van der Waals surface area contributed by atoms with Crippen LogP contribution in [0.2, 0.25) is 0 Å². The van der Waals surface area contributed by atoms with Crippen molar-refractivity contribution in [2.24, 2.45) is 0 Å². The van der Waals surface area contributed by atoms with Crippen LogP contribution in [0, 0.1) is 0 Å². The molecule has 10 nitrogen and oxygen atoms in total. The lowest BCUT2D eigenvalue weighted by atomic mass is 9.88. The molecule has 3 aliphatic heterocycles. The normalized spacial score (nSPS) is 12.2. The molecule has 0 fully saturated rings. The number of aromatic nitrogens is 10. The fourth-order valence-corrected chi connectivity index (χ4v) is 25.1. The first-order valence-electron chi connectivity index (χ1n) is 50.7. The summed E-state index contributed by atoms with van der Waals surface area (Å²) < 4.78 is 14.3. The van der Waals surface area contributed by atoms with Gasteiger partial charge in [-0.1, -0.05) is 328 Å². The van der Waals surface area contributed by atoms with E-state index in [1.54, 1.807) is 0 Å². The molecule has 0 bridgehead atoms. The van der Waals surface area contributed by atoms with Crippen molar-refractivity contribution in [3.8, 4) is 135 Å². The summed E-state index contributed by atoms with van der Waals surface area (Å²) in [5, 5.41) is 19.6. The molecule has 0 unspecified atom stereocenters. The van der Waals surface area contributed by atoms with E-state index < -0.39 is 0 Å². The second-order valence-corrected chi connectivity index (χ2v) is 39.3. The third-order valence-electron chi connectivity index (χ3n) is 31.5. The summed E-state index contributed by atoms with van der Waals surface area (Å²) in [4.78, 5) is 21.4. The molecule has 3 aliphatic rings. The number of hydrogen-bond acceptors (Lipinski definition) is 4. The molecule has 0 saturated carbocycles. The van der Waals surface area contributed by atoms with Crippen molar-refractivity contribution in [2.75, 3.05) is 0 Å². The Morgan fingerprint density at radius 1 is 0.142 bits per heavy atom. The van der Waals surface area contributed by atoms with E-state index in [0.29, 0.717) is 0 Å². The van der Waals surface area contributed by atoms with E-state index in [4.69, 9.17) is 19.9 Å². The number of hydrogen-bond donors (Lipinski definition) is 0. The molecule has 0 atom stereocenters. The van der Waals surface area contributed by atoms with Crippen molar-refractivity contribution in [2.45, 2.75) is 0 Å². The van der Waals surface area contributed by atoms with Crippen LogP contribution in [-0.4, -0.2) is 47.3 Å². The van der Waals surface area contributed by atoms with E-state index in [-0.39, 0.29) is 0 Å². The SMILES string of the molecule is c1ccc(-n2c3ccccc3c3cc(-c4cc5c6c(c4)c4ccccc4n6-c4nc6ccccc6cc4-c4ccccc4-5)ccc32)cc1.c1ccc(-n2c3ccccc3c3cc(-c4ccc5c(c4)c4c6ccccc6cc6c4n5-c4nc5ccccc5nc4-c4ccccc4-6)ccc32)cc1.c1ccc(-n2c3ccccc3c3cc(-c4ccc5c6ccccc6n6c5c4-c4ccccc4-c4cc5ccccc5nc4-6)ccc32)cc1. The zero-order valence-corrected chi connectivity index (χ0v) is 79.8. The first-order valence-corrected chi connectivity index (χ1v) is 50.7. The van der Waals surface area contributed by atoms with Gasteiger partial charge in [0.05, 0.1) is 88.3 Å². The first kappa shape index (κ1) is 81.7. The van der Waals surface area contributed by atoms with E-state index in [2.05, 4.69) is 513 Å². The average Bonchev–Trinajstić information content (AvgIpc) is 1.53. The average molecular weight is 1880 g/mol. The number of fused-ring (bicyclic) bond motifs is 38. The van der Waals surface area contributed by atoms with Crippen molar-refractivity contribution < 1.29 is 0 Å². The summed E-state index contributed by atoms with van der Waals surface area (Å²) in [6.07, 6.45) is 0. The Hall–Kier alpha value is -19.9. The molecule has 0 saturated heterocycles. The third-order valence-corrected chi connectivity index (χ3v) is 31.5. The van der Waals surface area contributed by atoms with Gasteiger partial charge in [-0.25, -0.2) is 19.9 Å². The Kier molecular flexibility index (Phi) is 17.5. The van der Waals surface area contributed by atoms with Crippen LogP contribution in [0.15, 0.2) is 497 Å². The number of benzene rings is 22. The monoisotopic (exact) mass is 1880 g/mol. The van der Waals surface area contributed by atoms with Crippen LogP contribution >= 0.6 is 0 Å². The molecule has 34 rings (SSSR count). The van der Waals surface area contributed by atoms with Gasteiger partial charge in [0.1, 0.15) is 17.3 Å². The van der Waals surface area contributed by atoms with Gasteiger partial charge in [-0.3, -0.25) is 13.7 Å². The van der Waals surface area contributed by atoms with Crippen molar-refractivity contribution in [3.05, 3.63) is 497 Å². The minimum absolute atomic E-state index is 0.864. The van der Waals surface area contributed by atoms with Gasteiger partial charge in [0.15, 0.2) is 5.82 Å². The Morgan fingerprint density at radius 3 is 0.986 bits per heavy atom. The quantitative estimate of drug-likeness (QED) is 0.166. The Balaban J connectivity index is 0.0000000985. The Morgan fingerprint density at radius 2 is 0.466 bits per heavy atom. The van der Waals surface area contributed by atoms with Crippen LogP contribution in [0.25, 0.3) is 309 Å². The molecular formula is C138H82N10. The molecule has 10 heteroatoms. The molecule has 0 radical (unpaired) electrons. The van der Waals surface area contributed by atoms with E-state index in [1.807, 2.05) is 12.1 Å². The summed E-state index contributed by atoms with van der Waals surface area (Å²) in [5.74, 6) is 2.82. The van der Waals surface area contributed by atoms with Gasteiger partial charge >= 0.3 is 0 Å². The molecule has 148 heavy (non-hydrogen) atoms. The predicted octanol–water partition coefficient (Wildman–Crippen LogP) is 35.8. The minimum Gasteiger partial charge on any atom is -0.309 e. The highest BCUT2D eigenvalue weighted by atomic mass is 15.1. The van der Waals surface area contributed by atoms with Crippen LogP contribution < -0.4 is 0 Å². The van der Waals surface area contributed by atoms with Crippen LogP contribution in [0.4, 0.5) is 0 Å². The summed E-state index contributed by atoms with van der Waals surface area (Å²) in [6.45, 7) is 0. The molecule has 12 heterocycles. The number of para-hydroxylation sites is 12. The molecule has 0 spiro atoms. The highest BCUT2D eigenvalue weighted by Crippen LogP contribution is 2.56. The fourth-order valence-electron chi connectivity index (χ4n) is 25.1. The summed E-state index contributed by atoms with van der Waals surface area (Å²) >= 11 is 0. The van der Waals surface area contributed by atoms with Gasteiger partial charge in [0.2, 0.25) is 0 Å². The largest absolute Gasteiger partial charge is 0.309 e. The van der Waals surface area contributed by atoms with Gasteiger partial charge < -0.3 is 13.7 Å². The van der Waals surface area contributed by atoms with Crippen molar-refractivity contribution in [1.29, 1.82) is 0 Å². The first-order chi connectivity index (χ1) is 73.4. The van der Waals surface area contributed by atoms with E-state index >= 15 is 0 Å². The van der Waals surface area contributed by atoms with Gasteiger partial charge in [-0.05, 0) is 242 Å². The zero-order valence-electron chi connectivity index (χ0n) is 79.8. The van der Waals surface area contributed by atoms with E-state index in [9.17, 15) is 0 Å². The summed E-state index contributed by atoms with van der Waals surface area (Å²) in [7, 11) is 0. The lowest BCUT2D eigenvalue weighted by Gasteiger charge is -2.15. The highest BCUT2D eigenvalue weighted by Gasteiger charge is 2.34. The maximum absolute atomic E-state index is 5.39. The molecule has 0 N–H and O–H groups in total. The molecular weight excluding hydrogens is 1800 g/mol. The molecule has 9 aromatic heterocycles. The van der Waals surface area contributed by atoms with Crippen LogP contribution in [-0.2, 0) is 0 Å². The predicted molar refractivity (Wildman–Crippen MR) is 616 cm³/mol. The van der Waals surface area contributed by atoms with Crippen molar-refractivity contribution in [3.63, 3.8) is 0 Å². The molecule has 0 amide bonds. The second-order valence-electron chi connectivity index (χ2n) is 39.3. The van der Waals surface area contributed by atoms with Gasteiger partial charge in [0, 0.05) is 126 Å². The molecule has 22 aromatic carbocycles. The van der Waals surface area contributed by atoms with Crippen LogP contribution in [0.3, 0.4) is 0 Å². The third kappa shape index (κ3) is 12.0. The van der Waals surface area contributed by atoms with Gasteiger partial charge in [-0.2, -0.15) is 0 Å². The van der Waals surface area contributed by atoms with Gasteiger partial charge in [0.25, 0.3) is 0 Å². The molecule has 31 aromatic rings. The van der Waals surface area contributed by atoms with E-state index in [1.165, 1.54) is 225 Å². The minimum atomic E-state index is 0.864. The topological polar surface area (TPSA) is 81.1 Å². The molecule has 684 valence electrons. The summed E-state index contributed by atoms with van der Waals surface area (Å²) in [6, 6.07) is 180. The lowest BCUT2D eigenvalue weighted by Crippen LogP contribution is -2.02. The van der Waals surface area contributed by atoms with Crippen LogP contribution in [0.1, 0.15) is 0 Å².